The van der Waals surface area contributed by atoms with E-state index in [1.54, 1.807) is 18.2 Å². The van der Waals surface area contributed by atoms with Crippen LogP contribution in [0.1, 0.15) is 10.4 Å². The minimum Gasteiger partial charge on any atom is -0.494 e. The number of aromatic amines is 1. The average Bonchev–Trinajstić information content (AvgIpc) is 3.13. The van der Waals surface area contributed by atoms with Gasteiger partial charge in [0.1, 0.15) is 14.7 Å². The molecule has 1 aliphatic rings. The molecule has 0 radical (unpaired) electrons. The van der Waals surface area contributed by atoms with Crippen LogP contribution in [-0.2, 0) is 19.9 Å². The monoisotopic (exact) mass is 557 g/mol. The first-order valence-electron chi connectivity index (χ1n) is 10.9. The molecule has 11 nitrogen and oxygen atoms in total. The number of nitrogens with one attached hydrogen (secondary N) is 2. The van der Waals surface area contributed by atoms with Crippen LogP contribution in [-0.4, -0.2) is 98.8 Å². The number of sulfonamides is 1. The molecule has 0 saturated carbocycles. The van der Waals surface area contributed by atoms with E-state index in [1.807, 2.05) is 7.05 Å². The number of halogens is 1. The van der Waals surface area contributed by atoms with Crippen molar-refractivity contribution in [3.63, 3.8) is 0 Å². The topological polar surface area (TPSA) is 153 Å². The molecule has 3 N–H and O–H groups in total. The van der Waals surface area contributed by atoms with Gasteiger partial charge < -0.3 is 20.3 Å². The number of rotatable bonds is 7. The Kier molecular flexibility index (Phi) is 8.30. The number of aromatic nitrogens is 2. The molecule has 4 rings (SSSR count). The summed E-state index contributed by atoms with van der Waals surface area (Å²) in [5, 5.41) is 13.6. The number of nitrogens with zero attached hydrogens (tertiary/aromatic N) is 3. The molecule has 0 spiro atoms. The van der Waals surface area contributed by atoms with Crippen molar-refractivity contribution in [2.75, 3.05) is 51.8 Å². The highest BCUT2D eigenvalue weighted by molar-refractivity contribution is 7.90. The number of benzene rings is 1. The van der Waals surface area contributed by atoms with Crippen LogP contribution in [0.15, 0.2) is 41.4 Å². The Balaban J connectivity index is 0.00000361. The number of sulfone groups is 1. The van der Waals surface area contributed by atoms with Gasteiger partial charge in [-0.2, -0.15) is 4.31 Å². The molecule has 0 atom stereocenters. The van der Waals surface area contributed by atoms with Crippen LogP contribution in [0.3, 0.4) is 0 Å². The molecule has 196 valence electrons. The SMILES string of the molecule is CN1CCN(S(=O)(=O)c2ccc(-c3c(O)[nH]c4ccc(C(=O)NCCS(C)(=O)=O)cc34)nc2)CC1.Cl. The van der Waals surface area contributed by atoms with E-state index in [4.69, 9.17) is 0 Å². The van der Waals surface area contributed by atoms with Gasteiger partial charge in [0, 0.05) is 61.6 Å². The predicted molar refractivity (Wildman–Crippen MR) is 139 cm³/mol. The van der Waals surface area contributed by atoms with Gasteiger partial charge in [-0.25, -0.2) is 16.8 Å². The van der Waals surface area contributed by atoms with Gasteiger partial charge >= 0.3 is 0 Å². The third kappa shape index (κ3) is 5.98. The van der Waals surface area contributed by atoms with Crippen molar-refractivity contribution in [3.8, 4) is 17.1 Å². The number of carbonyl (C=O) groups is 1. The number of piperazine rings is 1. The van der Waals surface area contributed by atoms with Gasteiger partial charge in [-0.3, -0.25) is 9.78 Å². The fourth-order valence-electron chi connectivity index (χ4n) is 3.89. The highest BCUT2D eigenvalue weighted by Gasteiger charge is 2.28. The lowest BCUT2D eigenvalue weighted by Gasteiger charge is -2.31. The van der Waals surface area contributed by atoms with E-state index in [-0.39, 0.29) is 41.0 Å². The first-order valence-corrected chi connectivity index (χ1v) is 14.4. The quantitative estimate of drug-likeness (QED) is 0.390. The van der Waals surface area contributed by atoms with E-state index in [9.17, 15) is 26.7 Å². The first kappa shape index (κ1) is 27.9. The van der Waals surface area contributed by atoms with Crippen LogP contribution < -0.4 is 5.32 Å². The highest BCUT2D eigenvalue weighted by Crippen LogP contribution is 2.36. The van der Waals surface area contributed by atoms with Crippen LogP contribution in [0.2, 0.25) is 0 Å². The minimum absolute atomic E-state index is 0. The van der Waals surface area contributed by atoms with Gasteiger partial charge in [-0.1, -0.05) is 0 Å². The summed E-state index contributed by atoms with van der Waals surface area (Å²) in [6.45, 7) is 2.08. The van der Waals surface area contributed by atoms with E-state index in [1.165, 1.54) is 22.6 Å². The van der Waals surface area contributed by atoms with Crippen molar-refractivity contribution in [1.82, 2.24) is 24.5 Å². The van der Waals surface area contributed by atoms with Crippen LogP contribution in [0.4, 0.5) is 0 Å². The van der Waals surface area contributed by atoms with E-state index < -0.39 is 25.8 Å². The number of hydrogen-bond donors (Lipinski definition) is 3. The number of aromatic hydroxyl groups is 1. The van der Waals surface area contributed by atoms with Gasteiger partial charge in [0.15, 0.2) is 5.88 Å². The second kappa shape index (κ2) is 10.7. The molecule has 0 aliphatic carbocycles. The molecule has 14 heteroatoms. The third-order valence-corrected chi connectivity index (χ3v) is 8.72. The molecule has 1 aliphatic heterocycles. The van der Waals surface area contributed by atoms with Crippen molar-refractivity contribution < 1.29 is 26.7 Å². The summed E-state index contributed by atoms with van der Waals surface area (Å²) in [4.78, 5) is 21.7. The fraction of sp³-hybridized carbons (Fsp3) is 0.364. The van der Waals surface area contributed by atoms with E-state index in [2.05, 4.69) is 20.2 Å². The van der Waals surface area contributed by atoms with Crippen LogP contribution in [0.25, 0.3) is 22.2 Å². The molecule has 2 aromatic heterocycles. The maximum Gasteiger partial charge on any atom is 0.251 e. The van der Waals surface area contributed by atoms with Crippen molar-refractivity contribution in [2.24, 2.45) is 0 Å². The number of hydrogen-bond acceptors (Lipinski definition) is 8. The molecule has 1 fully saturated rings. The zero-order chi connectivity index (χ0) is 25.4. The van der Waals surface area contributed by atoms with Crippen molar-refractivity contribution >= 4 is 49.1 Å². The molecular weight excluding hydrogens is 530 g/mol. The summed E-state index contributed by atoms with van der Waals surface area (Å²) < 4.78 is 49.9. The van der Waals surface area contributed by atoms with Crippen molar-refractivity contribution in [3.05, 3.63) is 42.1 Å². The largest absolute Gasteiger partial charge is 0.494 e. The Morgan fingerprint density at radius 2 is 1.81 bits per heavy atom. The standard InChI is InChI=1S/C22H27N5O6S2.ClH/c1-26-8-10-27(11-9-26)35(32,33)16-4-6-19(24-14-16)20-17-13-15(3-5-18(17)25-22(20)29)21(28)23-7-12-34(2,30)31;/h3-6,13-14,25,29H,7-12H2,1-2H3,(H,23,28);1H. The number of H-pyrrole nitrogens is 1. The van der Waals surface area contributed by atoms with Gasteiger partial charge in [0.05, 0.1) is 17.0 Å². The summed E-state index contributed by atoms with van der Waals surface area (Å²) in [5.41, 5.74) is 1.50. The maximum atomic E-state index is 13.0. The van der Waals surface area contributed by atoms with Crippen LogP contribution in [0, 0.1) is 0 Å². The summed E-state index contributed by atoms with van der Waals surface area (Å²) in [7, 11) is -4.95. The van der Waals surface area contributed by atoms with Crippen molar-refractivity contribution in [1.29, 1.82) is 0 Å². The Bertz CT molecular complexity index is 1460. The first-order chi connectivity index (χ1) is 16.5. The number of carbonyl (C=O) groups excluding carboxylic acids is 1. The number of amides is 1. The Morgan fingerprint density at radius 3 is 2.42 bits per heavy atom. The summed E-state index contributed by atoms with van der Waals surface area (Å²) >= 11 is 0. The smallest absolute Gasteiger partial charge is 0.251 e. The molecular formula is C22H28ClN5O6S2. The minimum atomic E-state index is -3.68. The van der Waals surface area contributed by atoms with Gasteiger partial charge in [0.2, 0.25) is 10.0 Å². The lowest BCUT2D eigenvalue weighted by molar-refractivity contribution is 0.0956. The lowest BCUT2D eigenvalue weighted by atomic mass is 10.1. The summed E-state index contributed by atoms with van der Waals surface area (Å²) in [6.07, 6.45) is 2.36. The molecule has 3 aromatic rings. The molecule has 1 amide bonds. The predicted octanol–water partition coefficient (Wildman–Crippen LogP) is 1.07. The van der Waals surface area contributed by atoms with Gasteiger partial charge in [-0.15, -0.1) is 12.4 Å². The summed E-state index contributed by atoms with van der Waals surface area (Å²) in [6, 6.07) is 7.71. The number of fused-ring (bicyclic) bond motifs is 1. The van der Waals surface area contributed by atoms with Crippen LogP contribution in [0.5, 0.6) is 5.88 Å². The normalized spacial score (nSPS) is 15.5. The lowest BCUT2D eigenvalue weighted by Crippen LogP contribution is -2.47. The second-order valence-corrected chi connectivity index (χ2v) is 12.8. The number of pyridine rings is 1. The molecule has 0 unspecified atom stereocenters. The summed E-state index contributed by atoms with van der Waals surface area (Å²) in [5.74, 6) is -0.801. The molecule has 1 saturated heterocycles. The molecule has 3 heterocycles. The number of likely N-dealkylation sites (N-methyl/N-ethyl adjacent to an activating group) is 1. The maximum absolute atomic E-state index is 13.0. The Morgan fingerprint density at radius 1 is 1.11 bits per heavy atom. The third-order valence-electron chi connectivity index (χ3n) is 5.89. The molecule has 1 aromatic carbocycles. The zero-order valence-electron chi connectivity index (χ0n) is 19.8. The average molecular weight is 558 g/mol. The van der Waals surface area contributed by atoms with E-state index >= 15 is 0 Å². The fourth-order valence-corrected chi connectivity index (χ4v) is 5.73. The van der Waals surface area contributed by atoms with E-state index in [0.29, 0.717) is 48.3 Å². The zero-order valence-corrected chi connectivity index (χ0v) is 22.2. The molecule has 0 bridgehead atoms. The van der Waals surface area contributed by atoms with Crippen molar-refractivity contribution in [2.45, 2.75) is 4.90 Å². The van der Waals surface area contributed by atoms with Gasteiger partial charge in [-0.05, 0) is 37.4 Å². The van der Waals surface area contributed by atoms with E-state index in [0.717, 1.165) is 6.26 Å². The Labute approximate surface area is 215 Å². The van der Waals surface area contributed by atoms with Gasteiger partial charge in [0.25, 0.3) is 5.91 Å². The van der Waals surface area contributed by atoms with Crippen LogP contribution >= 0.6 is 12.4 Å². The molecule has 36 heavy (non-hydrogen) atoms. The Hall–Kier alpha value is -2.71. The second-order valence-electron chi connectivity index (χ2n) is 8.58. The highest BCUT2D eigenvalue weighted by atomic mass is 35.5.